The standard InChI is InChI=1S/C30H39N5O3/c1-22-13-14-26(23(2)19-22)32-29(38)33-17-15-30(16-18-33)28(37)34(21-35(30)25-11-7-4-8-12-25)20-27(36)31-24-9-5-3-6-10-24/h4,7-8,11-14,19,24H,3,5-6,9-10,15-18,20-21H2,1-2H3,(H,31,36)(H,32,38). The molecule has 2 heterocycles. The molecule has 4 amide bonds. The van der Waals surface area contributed by atoms with Crippen LogP contribution in [0.4, 0.5) is 16.2 Å². The van der Waals surface area contributed by atoms with E-state index in [9.17, 15) is 14.4 Å². The fourth-order valence-electron chi connectivity index (χ4n) is 6.24. The van der Waals surface area contributed by atoms with Gasteiger partial charge in [0.2, 0.25) is 5.91 Å². The van der Waals surface area contributed by atoms with Crippen LogP contribution >= 0.6 is 0 Å². The summed E-state index contributed by atoms with van der Waals surface area (Å²) in [6.45, 7) is 5.39. The number of likely N-dealkylation sites (tertiary alicyclic amines) is 1. The van der Waals surface area contributed by atoms with Crippen LogP contribution in [0.3, 0.4) is 0 Å². The Hall–Kier alpha value is -3.55. The van der Waals surface area contributed by atoms with Crippen molar-refractivity contribution >= 4 is 29.2 Å². The highest BCUT2D eigenvalue weighted by Crippen LogP contribution is 2.39. The van der Waals surface area contributed by atoms with Crippen LogP contribution in [0, 0.1) is 13.8 Å². The number of rotatable bonds is 5. The largest absolute Gasteiger partial charge is 0.352 e. The molecule has 1 aliphatic carbocycles. The quantitative estimate of drug-likeness (QED) is 0.615. The number of urea groups is 1. The number of hydrogen-bond acceptors (Lipinski definition) is 4. The van der Waals surface area contributed by atoms with E-state index < -0.39 is 5.54 Å². The lowest BCUT2D eigenvalue weighted by Crippen LogP contribution is -2.58. The van der Waals surface area contributed by atoms with Gasteiger partial charge in [-0.15, -0.1) is 0 Å². The summed E-state index contributed by atoms with van der Waals surface area (Å²) in [6.07, 6.45) is 6.58. The summed E-state index contributed by atoms with van der Waals surface area (Å²) < 4.78 is 0. The lowest BCUT2D eigenvalue weighted by molar-refractivity contribution is -0.137. The first-order chi connectivity index (χ1) is 18.4. The Labute approximate surface area is 225 Å². The molecule has 5 rings (SSSR count). The first-order valence-corrected chi connectivity index (χ1v) is 13.9. The van der Waals surface area contributed by atoms with Gasteiger partial charge in [-0.3, -0.25) is 9.59 Å². The van der Waals surface area contributed by atoms with Gasteiger partial charge in [0.15, 0.2) is 0 Å². The van der Waals surface area contributed by atoms with E-state index in [2.05, 4.69) is 21.6 Å². The van der Waals surface area contributed by atoms with Gasteiger partial charge >= 0.3 is 6.03 Å². The molecule has 2 aromatic carbocycles. The third-order valence-electron chi connectivity index (χ3n) is 8.39. The van der Waals surface area contributed by atoms with E-state index in [0.717, 1.165) is 48.2 Å². The highest BCUT2D eigenvalue weighted by Gasteiger charge is 2.54. The Morgan fingerprint density at radius 3 is 2.37 bits per heavy atom. The minimum atomic E-state index is -0.761. The smallest absolute Gasteiger partial charge is 0.321 e. The molecule has 3 aliphatic rings. The average molecular weight is 518 g/mol. The van der Waals surface area contributed by atoms with Gasteiger partial charge in [-0.1, -0.05) is 55.2 Å². The van der Waals surface area contributed by atoms with Crippen molar-refractivity contribution in [2.45, 2.75) is 70.4 Å². The number of benzene rings is 2. The molecule has 2 aliphatic heterocycles. The van der Waals surface area contributed by atoms with Crippen molar-refractivity contribution < 1.29 is 14.4 Å². The van der Waals surface area contributed by atoms with E-state index in [-0.39, 0.29) is 30.4 Å². The molecule has 1 saturated carbocycles. The van der Waals surface area contributed by atoms with Crippen LogP contribution in [0.25, 0.3) is 0 Å². The van der Waals surface area contributed by atoms with Crippen molar-refractivity contribution in [2.75, 3.05) is 36.5 Å². The van der Waals surface area contributed by atoms with E-state index in [1.807, 2.05) is 56.3 Å². The zero-order valence-corrected chi connectivity index (χ0v) is 22.5. The molecule has 0 aromatic heterocycles. The maximum Gasteiger partial charge on any atom is 0.321 e. The second-order valence-corrected chi connectivity index (χ2v) is 11.1. The SMILES string of the molecule is Cc1ccc(NC(=O)N2CCC3(CC2)C(=O)N(CC(=O)NC2CCCCC2)CN3c2ccccc2)c(C)c1. The molecule has 2 aromatic rings. The maximum atomic E-state index is 13.9. The van der Waals surface area contributed by atoms with Gasteiger partial charge in [0.05, 0.1) is 6.67 Å². The Balaban J connectivity index is 1.28. The minimum absolute atomic E-state index is 0.0189. The molecule has 2 N–H and O–H groups in total. The number of piperidine rings is 1. The maximum absolute atomic E-state index is 13.9. The topological polar surface area (TPSA) is 85.0 Å². The lowest BCUT2D eigenvalue weighted by Gasteiger charge is -2.43. The molecule has 0 bridgehead atoms. The van der Waals surface area contributed by atoms with Gasteiger partial charge in [-0.2, -0.15) is 0 Å². The summed E-state index contributed by atoms with van der Waals surface area (Å²) in [7, 11) is 0. The first-order valence-electron chi connectivity index (χ1n) is 13.9. The summed E-state index contributed by atoms with van der Waals surface area (Å²) in [5.41, 5.74) is 3.18. The van der Waals surface area contributed by atoms with Gasteiger partial charge in [-0.25, -0.2) is 4.79 Å². The van der Waals surface area contributed by atoms with E-state index in [0.29, 0.717) is 32.6 Å². The Kier molecular flexibility index (Phi) is 7.58. The van der Waals surface area contributed by atoms with Crippen molar-refractivity contribution in [3.8, 4) is 0 Å². The van der Waals surface area contributed by atoms with E-state index in [1.165, 1.54) is 6.42 Å². The van der Waals surface area contributed by atoms with Crippen molar-refractivity contribution in [2.24, 2.45) is 0 Å². The molecule has 2 saturated heterocycles. The van der Waals surface area contributed by atoms with E-state index in [4.69, 9.17) is 0 Å². The Morgan fingerprint density at radius 1 is 0.974 bits per heavy atom. The molecular formula is C30H39N5O3. The Bertz CT molecular complexity index is 1170. The van der Waals surface area contributed by atoms with Crippen LogP contribution in [0.1, 0.15) is 56.1 Å². The molecule has 0 radical (unpaired) electrons. The normalized spacial score (nSPS) is 19.6. The number of nitrogens with one attached hydrogen (secondary N) is 2. The molecule has 8 heteroatoms. The van der Waals surface area contributed by atoms with Crippen LogP contribution in [-0.4, -0.2) is 65.5 Å². The summed E-state index contributed by atoms with van der Waals surface area (Å²) in [5.74, 6) is -0.102. The fourth-order valence-corrected chi connectivity index (χ4v) is 6.24. The summed E-state index contributed by atoms with van der Waals surface area (Å²) in [6, 6.07) is 16.0. The molecule has 202 valence electrons. The van der Waals surface area contributed by atoms with Crippen LogP contribution in [0.5, 0.6) is 0 Å². The number of aryl methyl sites for hydroxylation is 2. The fraction of sp³-hybridized carbons (Fsp3) is 0.500. The van der Waals surface area contributed by atoms with E-state index >= 15 is 0 Å². The first kappa shape index (κ1) is 26.1. The monoisotopic (exact) mass is 517 g/mol. The zero-order chi connectivity index (χ0) is 26.7. The van der Waals surface area contributed by atoms with Gasteiger partial charge in [0, 0.05) is 30.5 Å². The minimum Gasteiger partial charge on any atom is -0.352 e. The molecule has 1 spiro atoms. The number of carbonyl (C=O) groups excluding carboxylic acids is 3. The molecule has 8 nitrogen and oxygen atoms in total. The molecule has 0 atom stereocenters. The second-order valence-electron chi connectivity index (χ2n) is 11.1. The molecular weight excluding hydrogens is 478 g/mol. The third-order valence-corrected chi connectivity index (χ3v) is 8.39. The molecule has 0 unspecified atom stereocenters. The van der Waals surface area contributed by atoms with Crippen molar-refractivity contribution in [3.05, 3.63) is 59.7 Å². The highest BCUT2D eigenvalue weighted by molar-refractivity contribution is 5.97. The van der Waals surface area contributed by atoms with Crippen molar-refractivity contribution in [1.29, 1.82) is 0 Å². The number of carbonyl (C=O) groups is 3. The second kappa shape index (κ2) is 11.1. The average Bonchev–Trinajstić information content (AvgIpc) is 3.17. The van der Waals surface area contributed by atoms with Gasteiger partial charge < -0.3 is 25.3 Å². The van der Waals surface area contributed by atoms with Gasteiger partial charge in [-0.05, 0) is 63.3 Å². The number of amides is 4. The number of anilines is 2. The number of hydrogen-bond donors (Lipinski definition) is 2. The van der Waals surface area contributed by atoms with Crippen LogP contribution in [-0.2, 0) is 9.59 Å². The summed E-state index contributed by atoms with van der Waals surface area (Å²) >= 11 is 0. The van der Waals surface area contributed by atoms with Gasteiger partial charge in [0.1, 0.15) is 12.1 Å². The predicted molar refractivity (Wildman–Crippen MR) is 149 cm³/mol. The molecule has 38 heavy (non-hydrogen) atoms. The number of nitrogens with zero attached hydrogens (tertiary/aromatic N) is 3. The third kappa shape index (κ3) is 5.35. The number of para-hydroxylation sites is 1. The molecule has 3 fully saturated rings. The predicted octanol–water partition coefficient (Wildman–Crippen LogP) is 4.43. The van der Waals surface area contributed by atoms with Crippen LogP contribution < -0.4 is 15.5 Å². The summed E-state index contributed by atoms with van der Waals surface area (Å²) in [5, 5.41) is 6.19. The van der Waals surface area contributed by atoms with Crippen LogP contribution in [0.15, 0.2) is 48.5 Å². The highest BCUT2D eigenvalue weighted by atomic mass is 16.2. The van der Waals surface area contributed by atoms with Crippen molar-refractivity contribution in [3.63, 3.8) is 0 Å². The van der Waals surface area contributed by atoms with Gasteiger partial charge in [0.25, 0.3) is 5.91 Å². The zero-order valence-electron chi connectivity index (χ0n) is 22.5. The Morgan fingerprint density at radius 2 is 1.68 bits per heavy atom. The van der Waals surface area contributed by atoms with Crippen molar-refractivity contribution in [1.82, 2.24) is 15.1 Å². The van der Waals surface area contributed by atoms with E-state index in [1.54, 1.807) is 9.80 Å². The summed E-state index contributed by atoms with van der Waals surface area (Å²) in [4.78, 5) is 45.5. The van der Waals surface area contributed by atoms with Crippen LogP contribution in [0.2, 0.25) is 0 Å². The lowest BCUT2D eigenvalue weighted by atomic mass is 9.85.